The summed E-state index contributed by atoms with van der Waals surface area (Å²) in [7, 11) is -3.76. The van der Waals surface area contributed by atoms with E-state index in [9.17, 15) is 13.2 Å². The first-order valence-electron chi connectivity index (χ1n) is 11.4. The molecule has 9 heteroatoms. The largest absolute Gasteiger partial charge is 0.486 e. The summed E-state index contributed by atoms with van der Waals surface area (Å²) in [6, 6.07) is 21.0. The molecule has 0 spiro atoms. The first kappa shape index (κ1) is 23.0. The van der Waals surface area contributed by atoms with Gasteiger partial charge in [0.05, 0.1) is 24.0 Å². The third-order valence-electron chi connectivity index (χ3n) is 5.98. The van der Waals surface area contributed by atoms with Crippen molar-refractivity contribution in [3.05, 3.63) is 83.9 Å². The van der Waals surface area contributed by atoms with Crippen molar-refractivity contribution in [2.45, 2.75) is 24.8 Å². The van der Waals surface area contributed by atoms with Crippen molar-refractivity contribution in [3.8, 4) is 17.2 Å². The molecule has 0 unspecified atom stereocenters. The van der Waals surface area contributed by atoms with Crippen molar-refractivity contribution >= 4 is 21.6 Å². The lowest BCUT2D eigenvalue weighted by Crippen LogP contribution is -2.51. The van der Waals surface area contributed by atoms with Gasteiger partial charge in [-0.05, 0) is 42.3 Å². The highest BCUT2D eigenvalue weighted by Crippen LogP contribution is 2.36. The molecule has 182 valence electrons. The molecular formula is C26H26N2O6S. The van der Waals surface area contributed by atoms with Gasteiger partial charge in [-0.3, -0.25) is 9.10 Å². The number of hydrogen-bond donors (Lipinski definition) is 1. The fourth-order valence-electron chi connectivity index (χ4n) is 4.18. The van der Waals surface area contributed by atoms with Gasteiger partial charge in [-0.1, -0.05) is 48.5 Å². The second kappa shape index (κ2) is 9.50. The molecule has 0 radical (unpaired) electrons. The number of nitrogens with one attached hydrogen (secondary N) is 1. The molecule has 5 rings (SSSR count). The second-order valence-electron chi connectivity index (χ2n) is 8.48. The third kappa shape index (κ3) is 4.90. The fraction of sp³-hybridized carbons (Fsp3) is 0.269. The lowest BCUT2D eigenvalue weighted by molar-refractivity contribution is -0.128. The van der Waals surface area contributed by atoms with Crippen LogP contribution in [-0.4, -0.2) is 40.2 Å². The number of ether oxygens (including phenoxy) is 3. The van der Waals surface area contributed by atoms with Crippen LogP contribution in [0, 0.1) is 0 Å². The lowest BCUT2D eigenvalue weighted by Gasteiger charge is -2.35. The van der Waals surface area contributed by atoms with Gasteiger partial charge in [0.2, 0.25) is 10.0 Å². The molecular weight excluding hydrogens is 468 g/mol. The molecule has 8 nitrogen and oxygen atoms in total. The Bertz CT molecular complexity index is 1330. The van der Waals surface area contributed by atoms with Crippen molar-refractivity contribution in [3.63, 3.8) is 0 Å². The summed E-state index contributed by atoms with van der Waals surface area (Å²) in [5, 5.41) is 2.94. The molecule has 0 saturated carbocycles. The average Bonchev–Trinajstić information content (AvgIpc) is 2.88. The highest BCUT2D eigenvalue weighted by atomic mass is 32.2. The van der Waals surface area contributed by atoms with E-state index in [0.29, 0.717) is 41.7 Å². The van der Waals surface area contributed by atoms with Crippen LogP contribution in [0.15, 0.2) is 72.8 Å². The summed E-state index contributed by atoms with van der Waals surface area (Å²) in [4.78, 5) is 13.2. The Kier molecular flexibility index (Phi) is 6.25. The lowest BCUT2D eigenvalue weighted by atomic mass is 10.1. The molecule has 1 N–H and O–H groups in total. The van der Waals surface area contributed by atoms with Crippen LogP contribution in [0.3, 0.4) is 0 Å². The number of fused-ring (bicyclic) bond motifs is 2. The van der Waals surface area contributed by atoms with Crippen molar-refractivity contribution < 1.29 is 27.4 Å². The molecule has 3 aromatic rings. The predicted molar refractivity (Wildman–Crippen MR) is 131 cm³/mol. The summed E-state index contributed by atoms with van der Waals surface area (Å²) in [5.41, 5.74) is 1.93. The Morgan fingerprint density at radius 1 is 0.971 bits per heavy atom. The molecule has 35 heavy (non-hydrogen) atoms. The van der Waals surface area contributed by atoms with Crippen molar-refractivity contribution in [1.82, 2.24) is 5.32 Å². The average molecular weight is 495 g/mol. The van der Waals surface area contributed by atoms with E-state index in [1.54, 1.807) is 48.5 Å². The van der Waals surface area contributed by atoms with Gasteiger partial charge < -0.3 is 19.5 Å². The summed E-state index contributed by atoms with van der Waals surface area (Å²) in [6.07, 6.45) is -1.00. The van der Waals surface area contributed by atoms with Crippen molar-refractivity contribution in [2.24, 2.45) is 0 Å². The van der Waals surface area contributed by atoms with E-state index in [2.05, 4.69) is 5.32 Å². The number of sulfonamides is 1. The van der Waals surface area contributed by atoms with E-state index in [1.807, 2.05) is 31.2 Å². The van der Waals surface area contributed by atoms with E-state index >= 15 is 0 Å². The number of nitrogens with zero attached hydrogens (tertiary/aromatic N) is 1. The van der Waals surface area contributed by atoms with Crippen LogP contribution in [-0.2, 0) is 20.6 Å². The highest BCUT2D eigenvalue weighted by molar-refractivity contribution is 7.92. The Labute approximate surface area is 204 Å². The van der Waals surface area contributed by atoms with E-state index in [4.69, 9.17) is 14.2 Å². The zero-order valence-corrected chi connectivity index (χ0v) is 20.0. The van der Waals surface area contributed by atoms with Crippen molar-refractivity contribution in [1.29, 1.82) is 0 Å². The van der Waals surface area contributed by atoms with Crippen LogP contribution >= 0.6 is 0 Å². The van der Waals surface area contributed by atoms with E-state index in [1.165, 1.54) is 4.31 Å². The molecule has 0 fully saturated rings. The smallest absolute Gasteiger partial charge is 0.263 e. The maximum Gasteiger partial charge on any atom is 0.263 e. The molecule has 0 bridgehead atoms. The quantitative estimate of drug-likeness (QED) is 0.564. The Hall–Kier alpha value is -3.72. The Balaban J connectivity index is 1.35. The number of amides is 1. The molecule has 2 aliphatic heterocycles. The normalized spacial score (nSPS) is 17.6. The minimum atomic E-state index is -3.76. The third-order valence-corrected chi connectivity index (χ3v) is 7.70. The van der Waals surface area contributed by atoms with Gasteiger partial charge in [-0.25, -0.2) is 8.42 Å². The maximum atomic E-state index is 13.4. The van der Waals surface area contributed by atoms with Gasteiger partial charge in [-0.2, -0.15) is 0 Å². The first-order chi connectivity index (χ1) is 16.9. The number of hydrogen-bond acceptors (Lipinski definition) is 6. The number of anilines is 1. The standard InChI is InChI=1S/C26H26N2O6S/c1-18(20-11-12-23-24(15-20)33-14-13-32-23)27-26(29)25-16-28(21-9-5-6-10-22(21)34-25)35(30,31)17-19-7-3-2-4-8-19/h2-12,15,18,25H,13-14,16-17H2,1H3,(H,27,29)/t18-,25-/m1/s1. The van der Waals surface area contributed by atoms with Gasteiger partial charge >= 0.3 is 0 Å². The van der Waals surface area contributed by atoms with Gasteiger partial charge in [0.15, 0.2) is 17.6 Å². The number of carbonyl (C=O) groups is 1. The molecule has 3 aromatic carbocycles. The predicted octanol–water partition coefficient (Wildman–Crippen LogP) is 3.43. The summed E-state index contributed by atoms with van der Waals surface area (Å²) >= 11 is 0. The van der Waals surface area contributed by atoms with Gasteiger partial charge in [0.25, 0.3) is 5.91 Å². The number of benzene rings is 3. The summed E-state index contributed by atoms with van der Waals surface area (Å²) in [6.45, 7) is 2.71. The topological polar surface area (TPSA) is 94.2 Å². The molecule has 0 aliphatic carbocycles. The van der Waals surface area contributed by atoms with E-state index in [-0.39, 0.29) is 18.3 Å². The number of carbonyl (C=O) groups excluding carboxylic acids is 1. The number of para-hydroxylation sites is 2. The molecule has 2 atom stereocenters. The van der Waals surface area contributed by atoms with Crippen LogP contribution < -0.4 is 23.8 Å². The van der Waals surface area contributed by atoms with Crippen LogP contribution in [0.25, 0.3) is 0 Å². The SMILES string of the molecule is C[C@@H](NC(=O)[C@H]1CN(S(=O)(=O)Cc2ccccc2)c2ccccc2O1)c1ccc2c(c1)OCCO2. The summed E-state index contributed by atoms with van der Waals surface area (Å²) < 4.78 is 45.2. The monoisotopic (exact) mass is 494 g/mol. The Morgan fingerprint density at radius 3 is 2.49 bits per heavy atom. The summed E-state index contributed by atoms with van der Waals surface area (Å²) in [5.74, 6) is 1.08. The van der Waals surface area contributed by atoms with Gasteiger partial charge in [0, 0.05) is 0 Å². The van der Waals surface area contributed by atoms with Gasteiger partial charge in [-0.15, -0.1) is 0 Å². The van der Waals surface area contributed by atoms with Crippen LogP contribution in [0.1, 0.15) is 24.1 Å². The van der Waals surface area contributed by atoms with Gasteiger partial charge in [0.1, 0.15) is 19.0 Å². The zero-order valence-electron chi connectivity index (χ0n) is 19.2. The molecule has 2 aliphatic rings. The first-order valence-corrected chi connectivity index (χ1v) is 13.0. The minimum absolute atomic E-state index is 0.119. The number of rotatable bonds is 6. The second-order valence-corrected chi connectivity index (χ2v) is 10.4. The molecule has 1 amide bonds. The van der Waals surface area contributed by atoms with Crippen LogP contribution in [0.2, 0.25) is 0 Å². The Morgan fingerprint density at radius 2 is 1.69 bits per heavy atom. The maximum absolute atomic E-state index is 13.4. The van der Waals surface area contributed by atoms with Crippen LogP contribution in [0.5, 0.6) is 17.2 Å². The molecule has 0 saturated heterocycles. The van der Waals surface area contributed by atoms with E-state index in [0.717, 1.165) is 5.56 Å². The highest BCUT2D eigenvalue weighted by Gasteiger charge is 2.37. The molecule has 2 heterocycles. The van der Waals surface area contributed by atoms with E-state index < -0.39 is 22.0 Å². The zero-order chi connectivity index (χ0) is 24.4. The minimum Gasteiger partial charge on any atom is -0.486 e. The van der Waals surface area contributed by atoms with Crippen LogP contribution in [0.4, 0.5) is 5.69 Å². The molecule has 0 aromatic heterocycles. The van der Waals surface area contributed by atoms with Crippen molar-refractivity contribution in [2.75, 3.05) is 24.1 Å². The fourth-order valence-corrected chi connectivity index (χ4v) is 5.77.